The summed E-state index contributed by atoms with van der Waals surface area (Å²) in [5.74, 6) is 0.679. The fourth-order valence-corrected chi connectivity index (χ4v) is 1.72. The number of nitrogens with one attached hydrogen (secondary N) is 1. The molecule has 0 unspecified atom stereocenters. The van der Waals surface area contributed by atoms with Gasteiger partial charge in [0.05, 0.1) is 24.0 Å². The van der Waals surface area contributed by atoms with Gasteiger partial charge in [0.15, 0.2) is 5.43 Å². The van der Waals surface area contributed by atoms with Gasteiger partial charge in [-0.1, -0.05) is 0 Å². The fourth-order valence-electron chi connectivity index (χ4n) is 1.58. The average molecular weight is 248 g/mol. The quantitative estimate of drug-likeness (QED) is 0.709. The number of fused-ring (bicyclic) bond motifs is 1. The van der Waals surface area contributed by atoms with E-state index in [0.29, 0.717) is 28.0 Å². The summed E-state index contributed by atoms with van der Waals surface area (Å²) in [5.41, 5.74) is 7.26. The Morgan fingerprint density at radius 3 is 2.88 bits per heavy atom. The van der Waals surface area contributed by atoms with Crippen molar-refractivity contribution in [1.29, 1.82) is 0 Å². The van der Waals surface area contributed by atoms with E-state index in [-0.39, 0.29) is 5.43 Å². The summed E-state index contributed by atoms with van der Waals surface area (Å²) in [7, 11) is 1.57. The van der Waals surface area contributed by atoms with Gasteiger partial charge >= 0.3 is 0 Å². The molecule has 4 nitrogen and oxygen atoms in total. The number of thiol groups is 1. The molecule has 88 valence electrons. The maximum absolute atomic E-state index is 11.9. The van der Waals surface area contributed by atoms with Crippen LogP contribution in [0.3, 0.4) is 0 Å². The number of hydrogen-bond donors (Lipinski definition) is 3. The molecule has 1 aromatic heterocycles. The second-order valence-corrected chi connectivity index (χ2v) is 3.80. The largest absolute Gasteiger partial charge is 0.497 e. The lowest BCUT2D eigenvalue weighted by atomic mass is 10.1. The van der Waals surface area contributed by atoms with E-state index < -0.39 is 0 Å². The van der Waals surface area contributed by atoms with Gasteiger partial charge in [0.25, 0.3) is 0 Å². The molecule has 0 radical (unpaired) electrons. The molecule has 2 aromatic rings. The molecule has 0 atom stereocenters. The monoisotopic (exact) mass is 248 g/mol. The Kier molecular flexibility index (Phi) is 3.10. The number of nitrogens with two attached hydrogens (primary N) is 1. The van der Waals surface area contributed by atoms with Crippen molar-refractivity contribution in [3.05, 3.63) is 45.6 Å². The predicted octanol–water partition coefficient (Wildman–Crippen LogP) is 1.72. The number of aromatic amines is 1. The van der Waals surface area contributed by atoms with Crippen molar-refractivity contribution in [3.63, 3.8) is 0 Å². The molecule has 1 heterocycles. The molecule has 0 amide bonds. The minimum Gasteiger partial charge on any atom is -0.497 e. The van der Waals surface area contributed by atoms with Gasteiger partial charge in [0.2, 0.25) is 0 Å². The Bertz CT molecular complexity index is 646. The molecule has 2 rings (SSSR count). The van der Waals surface area contributed by atoms with E-state index in [2.05, 4.69) is 17.6 Å². The van der Waals surface area contributed by atoms with Crippen molar-refractivity contribution in [2.75, 3.05) is 7.11 Å². The van der Waals surface area contributed by atoms with Crippen molar-refractivity contribution in [2.45, 2.75) is 0 Å². The van der Waals surface area contributed by atoms with Gasteiger partial charge in [-0.25, -0.2) is 0 Å². The lowest BCUT2D eigenvalue weighted by Gasteiger charge is -2.05. The molecule has 0 aliphatic rings. The Morgan fingerprint density at radius 1 is 1.47 bits per heavy atom. The Hall–Kier alpha value is -1.88. The van der Waals surface area contributed by atoms with Crippen LogP contribution in [-0.4, -0.2) is 12.1 Å². The van der Waals surface area contributed by atoms with Gasteiger partial charge in [-0.2, -0.15) is 0 Å². The number of methoxy groups -OCH3 is 1. The third-order valence-electron chi connectivity index (χ3n) is 2.49. The number of ether oxygens (including phenoxy) is 1. The second-order valence-electron chi connectivity index (χ2n) is 3.54. The zero-order valence-electron chi connectivity index (χ0n) is 9.23. The molecule has 5 heteroatoms. The third kappa shape index (κ3) is 2.14. The first kappa shape index (κ1) is 11.6. The fraction of sp³-hybridized carbons (Fsp3) is 0.0833. The van der Waals surface area contributed by atoms with Crippen LogP contribution in [0.5, 0.6) is 5.75 Å². The summed E-state index contributed by atoms with van der Waals surface area (Å²) >= 11 is 3.96. The minimum absolute atomic E-state index is 0.0884. The van der Waals surface area contributed by atoms with Gasteiger partial charge < -0.3 is 15.5 Å². The maximum atomic E-state index is 11.9. The molecular formula is C12H12N2O2S. The smallest absolute Gasteiger partial charge is 0.190 e. The Balaban J connectivity index is 2.74. The highest BCUT2D eigenvalue weighted by Crippen LogP contribution is 2.18. The van der Waals surface area contributed by atoms with Crippen LogP contribution in [0.4, 0.5) is 0 Å². The molecule has 0 aliphatic heterocycles. The summed E-state index contributed by atoms with van der Waals surface area (Å²) in [4.78, 5) is 14.9. The Morgan fingerprint density at radius 2 is 2.24 bits per heavy atom. The SMILES string of the molecule is COc1ccc2c(=O)cc(/C(N)=C/S)[nH]c2c1. The van der Waals surface area contributed by atoms with Gasteiger partial charge in [-0.15, -0.1) is 12.6 Å². The summed E-state index contributed by atoms with van der Waals surface area (Å²) in [6, 6.07) is 6.68. The van der Waals surface area contributed by atoms with Gasteiger partial charge in [-0.3, -0.25) is 4.79 Å². The van der Waals surface area contributed by atoms with Gasteiger partial charge in [-0.05, 0) is 17.5 Å². The van der Waals surface area contributed by atoms with Crippen molar-refractivity contribution < 1.29 is 4.74 Å². The highest BCUT2D eigenvalue weighted by molar-refractivity contribution is 7.83. The topological polar surface area (TPSA) is 68.1 Å². The maximum Gasteiger partial charge on any atom is 0.190 e. The van der Waals surface area contributed by atoms with Crippen LogP contribution in [0.1, 0.15) is 5.69 Å². The first-order valence-electron chi connectivity index (χ1n) is 4.97. The van der Waals surface area contributed by atoms with Crippen molar-refractivity contribution in [1.82, 2.24) is 4.98 Å². The van der Waals surface area contributed by atoms with Gasteiger partial charge in [0, 0.05) is 17.5 Å². The van der Waals surface area contributed by atoms with Crippen LogP contribution < -0.4 is 15.9 Å². The predicted molar refractivity (Wildman–Crippen MR) is 72.3 cm³/mol. The zero-order chi connectivity index (χ0) is 12.4. The molecule has 3 N–H and O–H groups in total. The summed E-state index contributed by atoms with van der Waals surface area (Å²) in [6.07, 6.45) is 0. The molecule has 1 aromatic carbocycles. The number of benzene rings is 1. The van der Waals surface area contributed by atoms with Crippen LogP contribution in [0.2, 0.25) is 0 Å². The van der Waals surface area contributed by atoms with E-state index in [4.69, 9.17) is 10.5 Å². The van der Waals surface area contributed by atoms with Crippen molar-refractivity contribution >= 4 is 29.2 Å². The lowest BCUT2D eigenvalue weighted by Crippen LogP contribution is -2.07. The summed E-state index contributed by atoms with van der Waals surface area (Å²) in [5, 5.41) is 2.04. The number of rotatable bonds is 2. The molecule has 0 spiro atoms. The molecule has 17 heavy (non-hydrogen) atoms. The molecule has 0 aliphatic carbocycles. The van der Waals surface area contributed by atoms with E-state index in [1.54, 1.807) is 25.3 Å². The first-order valence-corrected chi connectivity index (χ1v) is 5.48. The zero-order valence-corrected chi connectivity index (χ0v) is 10.1. The van der Waals surface area contributed by atoms with E-state index in [9.17, 15) is 4.79 Å². The molecular weight excluding hydrogens is 236 g/mol. The molecule has 0 bridgehead atoms. The molecule has 0 fully saturated rings. The number of H-pyrrole nitrogens is 1. The summed E-state index contributed by atoms with van der Waals surface area (Å²) < 4.78 is 5.11. The van der Waals surface area contributed by atoms with Crippen LogP contribution >= 0.6 is 12.6 Å². The third-order valence-corrected chi connectivity index (χ3v) is 2.77. The molecule has 0 saturated heterocycles. The van der Waals surface area contributed by atoms with E-state index in [1.807, 2.05) is 0 Å². The van der Waals surface area contributed by atoms with E-state index >= 15 is 0 Å². The highest BCUT2D eigenvalue weighted by Gasteiger charge is 2.04. The normalized spacial score (nSPS) is 11.8. The molecule has 0 saturated carbocycles. The van der Waals surface area contributed by atoms with Crippen LogP contribution in [-0.2, 0) is 0 Å². The first-order chi connectivity index (χ1) is 8.15. The Labute approximate surface area is 104 Å². The van der Waals surface area contributed by atoms with E-state index in [0.717, 1.165) is 0 Å². The number of pyridine rings is 1. The second kappa shape index (κ2) is 4.55. The number of hydrogen-bond acceptors (Lipinski definition) is 4. The van der Waals surface area contributed by atoms with Crippen molar-refractivity contribution in [3.8, 4) is 5.75 Å². The van der Waals surface area contributed by atoms with Crippen LogP contribution in [0.15, 0.2) is 34.5 Å². The van der Waals surface area contributed by atoms with Gasteiger partial charge in [0.1, 0.15) is 5.75 Å². The standard InChI is InChI=1S/C12H12N2O2S/c1-16-7-2-3-8-10(4-7)14-11(5-12(8)15)9(13)6-17/h2-6,17H,13H2,1H3,(H,14,15)/b9-6-. The van der Waals surface area contributed by atoms with Crippen molar-refractivity contribution in [2.24, 2.45) is 5.73 Å². The van der Waals surface area contributed by atoms with Crippen LogP contribution in [0, 0.1) is 0 Å². The van der Waals surface area contributed by atoms with E-state index in [1.165, 1.54) is 11.5 Å². The highest BCUT2D eigenvalue weighted by atomic mass is 32.1. The summed E-state index contributed by atoms with van der Waals surface area (Å²) in [6.45, 7) is 0. The minimum atomic E-state index is -0.0884. The van der Waals surface area contributed by atoms with Crippen LogP contribution in [0.25, 0.3) is 16.6 Å². The average Bonchev–Trinajstić information content (AvgIpc) is 2.36. The lowest BCUT2D eigenvalue weighted by molar-refractivity contribution is 0.415. The number of aromatic nitrogens is 1.